The van der Waals surface area contributed by atoms with E-state index in [1.54, 1.807) is 0 Å². The lowest BCUT2D eigenvalue weighted by molar-refractivity contribution is -0.138. The Morgan fingerprint density at radius 3 is 2.59 bits per heavy atom. The Balaban J connectivity index is 2.25. The van der Waals surface area contributed by atoms with Crippen molar-refractivity contribution in [2.75, 3.05) is 24.5 Å². The molecule has 1 aliphatic rings. The Kier molecular flexibility index (Phi) is 3.03. The van der Waals surface area contributed by atoms with E-state index in [0.717, 1.165) is 6.54 Å². The number of hydrogen-bond donors (Lipinski definition) is 1. The van der Waals surface area contributed by atoms with Gasteiger partial charge in [0, 0.05) is 25.2 Å². The van der Waals surface area contributed by atoms with Crippen molar-refractivity contribution < 1.29 is 13.2 Å². The van der Waals surface area contributed by atoms with Crippen LogP contribution in [-0.4, -0.2) is 35.4 Å². The minimum absolute atomic E-state index is 0.249. The summed E-state index contributed by atoms with van der Waals surface area (Å²) in [7, 11) is 0. The Hall–Kier alpha value is -0.890. The summed E-state index contributed by atoms with van der Waals surface area (Å²) in [5.41, 5.74) is -0.249. The van der Waals surface area contributed by atoms with Crippen molar-refractivity contribution in [1.29, 1.82) is 0 Å². The molecule has 1 fully saturated rings. The molecule has 1 N–H and O–H groups in total. The van der Waals surface area contributed by atoms with E-state index >= 15 is 0 Å². The second kappa shape index (κ2) is 4.09. The van der Waals surface area contributed by atoms with Crippen LogP contribution >= 0.6 is 11.3 Å². The molecule has 0 aliphatic carbocycles. The smallest absolute Gasteiger partial charge is 0.339 e. The number of aromatic nitrogens is 2. The Morgan fingerprint density at radius 2 is 2.06 bits per heavy atom. The molecule has 0 bridgehead atoms. The van der Waals surface area contributed by atoms with E-state index in [4.69, 9.17) is 0 Å². The van der Waals surface area contributed by atoms with Gasteiger partial charge in [0.2, 0.25) is 10.1 Å². The average molecular weight is 266 g/mol. The first-order valence-electron chi connectivity index (χ1n) is 5.20. The molecular formula is C9H13F3N4S. The Labute approximate surface area is 101 Å². The number of rotatable bonds is 1. The van der Waals surface area contributed by atoms with Crippen LogP contribution in [0.1, 0.15) is 18.9 Å². The highest BCUT2D eigenvalue weighted by Crippen LogP contribution is 2.36. The third-order valence-corrected chi connectivity index (χ3v) is 3.68. The lowest BCUT2D eigenvalue weighted by Gasteiger charge is -2.42. The molecule has 17 heavy (non-hydrogen) atoms. The minimum Gasteiger partial charge on any atom is -0.339 e. The minimum atomic E-state index is -4.41. The maximum absolute atomic E-state index is 12.4. The maximum Gasteiger partial charge on any atom is 0.445 e. The molecule has 1 aromatic rings. The van der Waals surface area contributed by atoms with Crippen molar-refractivity contribution in [1.82, 2.24) is 15.5 Å². The fourth-order valence-corrected chi connectivity index (χ4v) is 2.68. The molecule has 0 saturated carbocycles. The molecule has 8 heteroatoms. The fourth-order valence-electron chi connectivity index (χ4n) is 1.78. The number of piperazine rings is 1. The van der Waals surface area contributed by atoms with Gasteiger partial charge in [0.25, 0.3) is 0 Å². The number of anilines is 1. The highest BCUT2D eigenvalue weighted by Gasteiger charge is 2.38. The van der Waals surface area contributed by atoms with Gasteiger partial charge in [-0.1, -0.05) is 11.3 Å². The van der Waals surface area contributed by atoms with Crippen LogP contribution in [0.15, 0.2) is 0 Å². The zero-order chi connectivity index (χ0) is 12.7. The maximum atomic E-state index is 12.4. The highest BCUT2D eigenvalue weighted by atomic mass is 32.1. The second-order valence-corrected chi connectivity index (χ2v) is 5.48. The van der Waals surface area contributed by atoms with Crippen LogP contribution in [0.25, 0.3) is 0 Å². The van der Waals surface area contributed by atoms with Gasteiger partial charge < -0.3 is 10.2 Å². The Morgan fingerprint density at radius 1 is 1.35 bits per heavy atom. The SMILES string of the molecule is CC1(C)CNCCN1c1nnc(C(F)(F)F)s1. The van der Waals surface area contributed by atoms with Gasteiger partial charge in [-0.15, -0.1) is 10.2 Å². The molecule has 0 spiro atoms. The average Bonchev–Trinajstić information content (AvgIpc) is 2.65. The molecule has 0 unspecified atom stereocenters. The van der Waals surface area contributed by atoms with E-state index in [0.29, 0.717) is 29.6 Å². The first kappa shape index (κ1) is 12.6. The first-order valence-corrected chi connectivity index (χ1v) is 6.01. The van der Waals surface area contributed by atoms with Gasteiger partial charge in [0.1, 0.15) is 0 Å². The summed E-state index contributed by atoms with van der Waals surface area (Å²) < 4.78 is 37.3. The van der Waals surface area contributed by atoms with Gasteiger partial charge in [0.15, 0.2) is 0 Å². The van der Waals surface area contributed by atoms with E-state index in [9.17, 15) is 13.2 Å². The third kappa shape index (κ3) is 2.52. The molecule has 1 aliphatic heterocycles. The molecule has 2 rings (SSSR count). The van der Waals surface area contributed by atoms with E-state index < -0.39 is 11.2 Å². The summed E-state index contributed by atoms with van der Waals surface area (Å²) in [6.45, 7) is 6.03. The molecule has 0 aromatic carbocycles. The van der Waals surface area contributed by atoms with Crippen LogP contribution in [-0.2, 0) is 6.18 Å². The van der Waals surface area contributed by atoms with Crippen molar-refractivity contribution >= 4 is 16.5 Å². The molecule has 1 saturated heterocycles. The molecular weight excluding hydrogens is 253 g/mol. The summed E-state index contributed by atoms with van der Waals surface area (Å²) in [6.07, 6.45) is -4.41. The zero-order valence-corrected chi connectivity index (χ0v) is 10.3. The van der Waals surface area contributed by atoms with Crippen LogP contribution in [0.5, 0.6) is 0 Å². The van der Waals surface area contributed by atoms with Crippen molar-refractivity contribution in [2.24, 2.45) is 0 Å². The van der Waals surface area contributed by atoms with Crippen molar-refractivity contribution in [3.05, 3.63) is 5.01 Å². The molecule has 0 amide bonds. The van der Waals surface area contributed by atoms with Gasteiger partial charge in [-0.2, -0.15) is 13.2 Å². The van der Waals surface area contributed by atoms with E-state index in [1.807, 2.05) is 18.7 Å². The summed E-state index contributed by atoms with van der Waals surface area (Å²) in [4.78, 5) is 1.87. The van der Waals surface area contributed by atoms with E-state index in [2.05, 4.69) is 15.5 Å². The quantitative estimate of drug-likeness (QED) is 0.840. The van der Waals surface area contributed by atoms with Crippen molar-refractivity contribution in [2.45, 2.75) is 25.6 Å². The van der Waals surface area contributed by atoms with Gasteiger partial charge in [-0.3, -0.25) is 0 Å². The van der Waals surface area contributed by atoms with E-state index in [-0.39, 0.29) is 5.54 Å². The number of hydrogen-bond acceptors (Lipinski definition) is 5. The normalized spacial score (nSPS) is 20.6. The van der Waals surface area contributed by atoms with Crippen LogP contribution in [0, 0.1) is 0 Å². The lowest BCUT2D eigenvalue weighted by Crippen LogP contribution is -2.58. The van der Waals surface area contributed by atoms with Crippen molar-refractivity contribution in [3.63, 3.8) is 0 Å². The van der Waals surface area contributed by atoms with Crippen LogP contribution in [0.2, 0.25) is 0 Å². The monoisotopic (exact) mass is 266 g/mol. The van der Waals surface area contributed by atoms with Gasteiger partial charge in [0.05, 0.1) is 0 Å². The number of alkyl halides is 3. The third-order valence-electron chi connectivity index (χ3n) is 2.69. The zero-order valence-electron chi connectivity index (χ0n) is 9.51. The summed E-state index contributed by atoms with van der Waals surface area (Å²) in [6, 6.07) is 0. The second-order valence-electron chi connectivity index (χ2n) is 4.53. The predicted octanol–water partition coefficient (Wildman–Crippen LogP) is 1.75. The topological polar surface area (TPSA) is 41.0 Å². The molecule has 0 radical (unpaired) electrons. The summed E-state index contributed by atoms with van der Waals surface area (Å²) >= 11 is 0.600. The van der Waals surface area contributed by atoms with Gasteiger partial charge >= 0.3 is 6.18 Å². The van der Waals surface area contributed by atoms with Crippen LogP contribution < -0.4 is 10.2 Å². The molecule has 96 valence electrons. The first-order chi connectivity index (χ1) is 7.81. The number of nitrogens with zero attached hydrogens (tertiary/aromatic N) is 3. The van der Waals surface area contributed by atoms with E-state index in [1.165, 1.54) is 0 Å². The van der Waals surface area contributed by atoms with Crippen LogP contribution in [0.4, 0.5) is 18.3 Å². The lowest BCUT2D eigenvalue weighted by atomic mass is 10.0. The number of halogens is 3. The van der Waals surface area contributed by atoms with Crippen molar-refractivity contribution in [3.8, 4) is 0 Å². The van der Waals surface area contributed by atoms with Gasteiger partial charge in [-0.05, 0) is 13.8 Å². The molecule has 0 atom stereocenters. The molecule has 1 aromatic heterocycles. The summed E-state index contributed by atoms with van der Waals surface area (Å²) in [5, 5.41) is 9.51. The number of nitrogens with one attached hydrogen (secondary N) is 1. The van der Waals surface area contributed by atoms with Crippen LogP contribution in [0.3, 0.4) is 0 Å². The summed E-state index contributed by atoms with van der Waals surface area (Å²) in [5.74, 6) is 0. The molecule has 2 heterocycles. The predicted molar refractivity (Wildman–Crippen MR) is 59.2 cm³/mol. The Bertz CT molecular complexity index is 401. The standard InChI is InChI=1S/C9H13F3N4S/c1-8(2)5-13-3-4-16(8)7-15-14-6(17-7)9(10,11)12/h13H,3-5H2,1-2H3. The van der Waals surface area contributed by atoms with Gasteiger partial charge in [-0.25, -0.2) is 0 Å². The largest absolute Gasteiger partial charge is 0.445 e. The fraction of sp³-hybridized carbons (Fsp3) is 0.778. The molecule has 4 nitrogen and oxygen atoms in total. The highest BCUT2D eigenvalue weighted by molar-refractivity contribution is 7.15.